The van der Waals surface area contributed by atoms with Crippen LogP contribution in [0.1, 0.15) is 136 Å². The number of aliphatic hydroxyl groups excluding tert-OH is 4. The standard InChI is InChI=1S/C46H74O10/c1-3-5-7-9-11-13-15-17-19-20-21-23-24-26-28-30-32-34-41(48)53-37-39(38-54-46-45(52)44(51)43(50)40(36-47)56-46)55-42(49)35-33-31-29-27-25-22-18-16-14-12-10-8-6-4-2/h5,7,10-13,16-19,21,23,26,28,39-40,43-47,50-52H,3-4,6,8-9,14-15,20,22,24-25,27,29-38H2,1-2H3/b7-5+,12-10+,13-11+,18-16+,19-17+,23-21+,28-26+/t39-,40-,43+,44?,45?,46-/m0/s1. The SMILES string of the molecule is CC/C=C/C/C=C/C/C=C/C/C=C/C/C=C/CCCC(=O)OC[C@@H](CO[C@H]1O[C@@H](CO)[C@@H](O)C(O)C1O)OC(=O)CCCCCCC/C=C/C/C=C/CCCC. The predicted molar refractivity (Wildman–Crippen MR) is 224 cm³/mol. The Hall–Kier alpha value is -3.12. The highest BCUT2D eigenvalue weighted by Crippen LogP contribution is 2.22. The monoisotopic (exact) mass is 787 g/mol. The first-order valence-electron chi connectivity index (χ1n) is 21.2. The fraction of sp³-hybridized carbons (Fsp3) is 0.652. The van der Waals surface area contributed by atoms with Gasteiger partial charge in [0.1, 0.15) is 31.0 Å². The number of ether oxygens (including phenoxy) is 4. The topological polar surface area (TPSA) is 152 Å². The van der Waals surface area contributed by atoms with E-state index in [4.69, 9.17) is 18.9 Å². The van der Waals surface area contributed by atoms with E-state index < -0.39 is 55.4 Å². The second-order valence-electron chi connectivity index (χ2n) is 14.1. The van der Waals surface area contributed by atoms with E-state index in [2.05, 4.69) is 92.8 Å². The van der Waals surface area contributed by atoms with Gasteiger partial charge >= 0.3 is 11.9 Å². The minimum atomic E-state index is -1.61. The number of esters is 2. The Kier molecular flexibility index (Phi) is 32.9. The molecule has 0 saturated carbocycles. The molecule has 56 heavy (non-hydrogen) atoms. The van der Waals surface area contributed by atoms with Gasteiger partial charge in [-0.25, -0.2) is 0 Å². The van der Waals surface area contributed by atoms with E-state index in [0.717, 1.165) is 83.5 Å². The molecule has 0 radical (unpaired) electrons. The Morgan fingerprint density at radius 2 is 1.07 bits per heavy atom. The molecule has 1 rings (SSSR count). The number of hydrogen-bond acceptors (Lipinski definition) is 10. The lowest BCUT2D eigenvalue weighted by molar-refractivity contribution is -0.305. The molecule has 1 heterocycles. The van der Waals surface area contributed by atoms with Crippen molar-refractivity contribution in [1.82, 2.24) is 0 Å². The van der Waals surface area contributed by atoms with Crippen LogP contribution in [0.5, 0.6) is 0 Å². The molecule has 1 saturated heterocycles. The van der Waals surface area contributed by atoms with Gasteiger partial charge in [0.2, 0.25) is 0 Å². The fourth-order valence-corrected chi connectivity index (χ4v) is 5.65. The summed E-state index contributed by atoms with van der Waals surface area (Å²) in [5.74, 6) is -0.902. The number of carbonyl (C=O) groups excluding carboxylic acids is 2. The summed E-state index contributed by atoms with van der Waals surface area (Å²) >= 11 is 0. The molecule has 4 N–H and O–H groups in total. The van der Waals surface area contributed by atoms with Crippen LogP contribution in [0, 0.1) is 0 Å². The summed E-state index contributed by atoms with van der Waals surface area (Å²) in [6.45, 7) is 3.17. The number of rotatable bonds is 33. The molecule has 0 bridgehead atoms. The molecule has 6 atom stereocenters. The minimum absolute atomic E-state index is 0.189. The normalized spacial score (nSPS) is 21.3. The van der Waals surface area contributed by atoms with Crippen molar-refractivity contribution in [2.75, 3.05) is 19.8 Å². The largest absolute Gasteiger partial charge is 0.462 e. The summed E-state index contributed by atoms with van der Waals surface area (Å²) in [5, 5.41) is 40.0. The van der Waals surface area contributed by atoms with Crippen molar-refractivity contribution >= 4 is 11.9 Å². The van der Waals surface area contributed by atoms with Gasteiger partial charge in [0.25, 0.3) is 0 Å². The lowest BCUT2D eigenvalue weighted by atomic mass is 9.99. The highest BCUT2D eigenvalue weighted by atomic mass is 16.7. The highest BCUT2D eigenvalue weighted by Gasteiger charge is 2.44. The summed E-state index contributed by atoms with van der Waals surface area (Å²) in [6, 6.07) is 0. The molecule has 1 fully saturated rings. The Morgan fingerprint density at radius 1 is 0.571 bits per heavy atom. The third-order valence-electron chi connectivity index (χ3n) is 9.01. The zero-order valence-corrected chi connectivity index (χ0v) is 34.3. The second kappa shape index (κ2) is 36.2. The summed E-state index contributed by atoms with van der Waals surface area (Å²) in [7, 11) is 0. The molecule has 2 unspecified atom stereocenters. The third-order valence-corrected chi connectivity index (χ3v) is 9.01. The van der Waals surface area contributed by atoms with Gasteiger partial charge in [0.05, 0.1) is 13.2 Å². The van der Waals surface area contributed by atoms with E-state index in [1.165, 1.54) is 12.8 Å². The molecule has 1 aliphatic rings. The van der Waals surface area contributed by atoms with Crippen LogP contribution in [0.4, 0.5) is 0 Å². The second-order valence-corrected chi connectivity index (χ2v) is 14.1. The van der Waals surface area contributed by atoms with Gasteiger partial charge in [-0.3, -0.25) is 9.59 Å². The maximum atomic E-state index is 12.7. The summed E-state index contributed by atoms with van der Waals surface area (Å²) < 4.78 is 22.0. The summed E-state index contributed by atoms with van der Waals surface area (Å²) in [4.78, 5) is 25.3. The zero-order chi connectivity index (χ0) is 40.9. The molecule has 318 valence electrons. The maximum Gasteiger partial charge on any atom is 0.306 e. The number of unbranched alkanes of at least 4 members (excludes halogenated alkanes) is 8. The third kappa shape index (κ3) is 27.5. The van der Waals surface area contributed by atoms with E-state index in [0.29, 0.717) is 12.8 Å². The van der Waals surface area contributed by atoms with Crippen molar-refractivity contribution in [1.29, 1.82) is 0 Å². The van der Waals surface area contributed by atoms with Crippen LogP contribution in [0.15, 0.2) is 85.1 Å². The number of allylic oxidation sites excluding steroid dienone is 14. The lowest BCUT2D eigenvalue weighted by Crippen LogP contribution is -2.59. The molecule has 0 spiro atoms. The fourth-order valence-electron chi connectivity index (χ4n) is 5.65. The van der Waals surface area contributed by atoms with Crippen LogP contribution < -0.4 is 0 Å². The molecule has 10 heteroatoms. The van der Waals surface area contributed by atoms with Gasteiger partial charge < -0.3 is 39.4 Å². The lowest BCUT2D eigenvalue weighted by Gasteiger charge is -2.39. The smallest absolute Gasteiger partial charge is 0.306 e. The Labute approximate surface area is 337 Å². The van der Waals surface area contributed by atoms with Crippen molar-refractivity contribution < 1.29 is 49.0 Å². The van der Waals surface area contributed by atoms with Gasteiger partial charge in [0.15, 0.2) is 12.4 Å². The molecule has 0 aromatic carbocycles. The van der Waals surface area contributed by atoms with E-state index in [1.807, 2.05) is 6.08 Å². The summed E-state index contributed by atoms with van der Waals surface area (Å²) in [6.07, 6.45) is 38.8. The predicted octanol–water partition coefficient (Wildman–Crippen LogP) is 8.60. The molecule has 1 aliphatic heterocycles. The van der Waals surface area contributed by atoms with Gasteiger partial charge in [-0.05, 0) is 77.0 Å². The maximum absolute atomic E-state index is 12.7. The van der Waals surface area contributed by atoms with Crippen LogP contribution >= 0.6 is 0 Å². The van der Waals surface area contributed by atoms with Crippen LogP contribution in [0.2, 0.25) is 0 Å². The molecule has 0 aromatic rings. The Balaban J connectivity index is 2.42. The molecular weight excluding hydrogens is 712 g/mol. The highest BCUT2D eigenvalue weighted by molar-refractivity contribution is 5.70. The molecule has 0 aliphatic carbocycles. The molecule has 0 aromatic heterocycles. The van der Waals surface area contributed by atoms with Crippen LogP contribution in [0.25, 0.3) is 0 Å². The van der Waals surface area contributed by atoms with E-state index >= 15 is 0 Å². The molecular formula is C46H74O10. The van der Waals surface area contributed by atoms with Crippen molar-refractivity contribution in [3.8, 4) is 0 Å². The summed E-state index contributed by atoms with van der Waals surface area (Å²) in [5.41, 5.74) is 0. The number of aliphatic hydroxyl groups is 4. The van der Waals surface area contributed by atoms with Crippen molar-refractivity contribution in [2.24, 2.45) is 0 Å². The van der Waals surface area contributed by atoms with Crippen LogP contribution in [-0.2, 0) is 28.5 Å². The average molecular weight is 787 g/mol. The van der Waals surface area contributed by atoms with Crippen molar-refractivity contribution in [3.63, 3.8) is 0 Å². The first-order valence-corrected chi connectivity index (χ1v) is 21.2. The number of hydrogen-bond donors (Lipinski definition) is 4. The Bertz CT molecular complexity index is 1180. The minimum Gasteiger partial charge on any atom is -0.462 e. The quantitative estimate of drug-likeness (QED) is 0.0289. The van der Waals surface area contributed by atoms with Crippen LogP contribution in [-0.4, -0.2) is 89.0 Å². The van der Waals surface area contributed by atoms with Gasteiger partial charge in [-0.1, -0.05) is 131 Å². The zero-order valence-electron chi connectivity index (χ0n) is 34.3. The van der Waals surface area contributed by atoms with Crippen LogP contribution in [0.3, 0.4) is 0 Å². The van der Waals surface area contributed by atoms with Gasteiger partial charge in [-0.2, -0.15) is 0 Å². The Morgan fingerprint density at radius 3 is 1.64 bits per heavy atom. The average Bonchev–Trinajstić information content (AvgIpc) is 3.19. The molecule has 0 amide bonds. The van der Waals surface area contributed by atoms with Crippen molar-refractivity contribution in [2.45, 2.75) is 173 Å². The first-order chi connectivity index (χ1) is 27.3. The van der Waals surface area contributed by atoms with E-state index in [1.54, 1.807) is 0 Å². The van der Waals surface area contributed by atoms with Crippen molar-refractivity contribution in [3.05, 3.63) is 85.1 Å². The van der Waals surface area contributed by atoms with Gasteiger partial charge in [0, 0.05) is 12.8 Å². The first kappa shape index (κ1) is 50.9. The van der Waals surface area contributed by atoms with Gasteiger partial charge in [-0.15, -0.1) is 0 Å². The number of carbonyl (C=O) groups is 2. The van der Waals surface area contributed by atoms with E-state index in [9.17, 15) is 30.0 Å². The van der Waals surface area contributed by atoms with E-state index in [-0.39, 0.29) is 26.1 Å². The molecule has 10 nitrogen and oxygen atoms in total.